The lowest BCUT2D eigenvalue weighted by Crippen LogP contribution is -2.04. The molecule has 0 saturated heterocycles. The van der Waals surface area contributed by atoms with Gasteiger partial charge in [-0.15, -0.1) is 0 Å². The Bertz CT molecular complexity index is 1680. The normalized spacial score (nSPS) is 11.5. The highest BCUT2D eigenvalue weighted by atomic mass is 32.2. The summed E-state index contributed by atoms with van der Waals surface area (Å²) in [5.74, 6) is 0.500. The molecule has 0 amide bonds. The molecule has 7 nitrogen and oxygen atoms in total. The molecular weight excluding hydrogens is 549 g/mol. The summed E-state index contributed by atoms with van der Waals surface area (Å²) in [5, 5.41) is 4.64. The zero-order chi connectivity index (χ0) is 28.0. The molecular formula is C27H21F3N4O3S2. The molecule has 0 aliphatic carbocycles. The van der Waals surface area contributed by atoms with Gasteiger partial charge in [-0.05, 0) is 54.8 Å². The quantitative estimate of drug-likeness (QED) is 0.131. The van der Waals surface area contributed by atoms with Gasteiger partial charge < -0.3 is 5.32 Å². The van der Waals surface area contributed by atoms with Crippen molar-refractivity contribution in [2.45, 2.75) is 16.2 Å². The van der Waals surface area contributed by atoms with Crippen LogP contribution < -0.4 is 5.32 Å². The summed E-state index contributed by atoms with van der Waals surface area (Å²) >= 11 is 1.39. The lowest BCUT2D eigenvalue weighted by molar-refractivity contribution is -0.137. The summed E-state index contributed by atoms with van der Waals surface area (Å²) in [6.45, 7) is 0. The van der Waals surface area contributed by atoms with Gasteiger partial charge in [0.15, 0.2) is 5.16 Å². The maximum Gasteiger partial charge on any atom is 0.416 e. The Kier molecular flexibility index (Phi) is 8.48. The van der Waals surface area contributed by atoms with Crippen LogP contribution >= 0.6 is 11.8 Å². The zero-order valence-corrected chi connectivity index (χ0v) is 21.9. The molecule has 2 heterocycles. The fourth-order valence-electron chi connectivity index (χ4n) is 3.44. The lowest BCUT2D eigenvalue weighted by Gasteiger charge is -2.11. The average molecular weight is 571 g/mol. The number of aromatic nitrogens is 3. The smallest absolute Gasteiger partial charge is 0.340 e. The largest absolute Gasteiger partial charge is 0.416 e. The van der Waals surface area contributed by atoms with Gasteiger partial charge >= 0.3 is 6.18 Å². The fourth-order valence-corrected chi connectivity index (χ4v) is 4.32. The van der Waals surface area contributed by atoms with Crippen molar-refractivity contribution >= 4 is 44.3 Å². The fraction of sp³-hybridized carbons (Fsp3) is 0.0741. The van der Waals surface area contributed by atoms with Gasteiger partial charge in [-0.2, -0.15) is 21.6 Å². The van der Waals surface area contributed by atoms with Gasteiger partial charge in [-0.25, -0.2) is 9.97 Å². The van der Waals surface area contributed by atoms with Crippen LogP contribution in [0.15, 0.2) is 107 Å². The van der Waals surface area contributed by atoms with E-state index in [4.69, 9.17) is 4.55 Å². The summed E-state index contributed by atoms with van der Waals surface area (Å²) < 4.78 is 67.5. The van der Waals surface area contributed by atoms with E-state index in [2.05, 4.69) is 20.3 Å². The molecule has 3 aromatic carbocycles. The van der Waals surface area contributed by atoms with Crippen LogP contribution in [0.4, 0.5) is 24.7 Å². The molecule has 0 fully saturated rings. The summed E-state index contributed by atoms with van der Waals surface area (Å²) in [7, 11) is -4.00. The highest BCUT2D eigenvalue weighted by Crippen LogP contribution is 2.31. The van der Waals surface area contributed by atoms with Crippen molar-refractivity contribution in [1.29, 1.82) is 0 Å². The predicted octanol–water partition coefficient (Wildman–Crippen LogP) is 7.11. The first-order valence-corrected chi connectivity index (χ1v) is 13.9. The molecule has 0 radical (unpaired) electrons. The molecule has 2 N–H and O–H groups in total. The van der Waals surface area contributed by atoms with Crippen LogP contribution in [0.5, 0.6) is 0 Å². The number of thioether (sulfide) groups is 1. The molecule has 0 saturated carbocycles. The number of benzene rings is 3. The van der Waals surface area contributed by atoms with Crippen molar-refractivity contribution in [3.05, 3.63) is 103 Å². The van der Waals surface area contributed by atoms with Crippen LogP contribution in [-0.4, -0.2) is 34.2 Å². The van der Waals surface area contributed by atoms with Crippen LogP contribution in [0, 0.1) is 0 Å². The third-order valence-corrected chi connectivity index (χ3v) is 6.73. The molecule has 2 aromatic heterocycles. The first-order valence-electron chi connectivity index (χ1n) is 11.3. The Morgan fingerprint density at radius 2 is 1.59 bits per heavy atom. The molecule has 5 aromatic rings. The van der Waals surface area contributed by atoms with Gasteiger partial charge in [0.05, 0.1) is 21.7 Å². The van der Waals surface area contributed by atoms with Crippen LogP contribution in [0.2, 0.25) is 0 Å². The molecule has 5 rings (SSSR count). The van der Waals surface area contributed by atoms with Gasteiger partial charge in [-0.1, -0.05) is 48.2 Å². The van der Waals surface area contributed by atoms with Gasteiger partial charge in [0.1, 0.15) is 5.82 Å². The number of hydrogen-bond acceptors (Lipinski definition) is 7. The Morgan fingerprint density at radius 1 is 0.872 bits per heavy atom. The third kappa shape index (κ3) is 7.53. The highest BCUT2D eigenvalue weighted by Gasteiger charge is 2.29. The average Bonchev–Trinajstić information content (AvgIpc) is 2.93. The SMILES string of the molecule is CSc1nc(Nc2ccc(C(F)(F)F)cc2)cc(-c2ccc3cccnc3c2)n1.O=S(=O)(O)c1ccccc1. The Morgan fingerprint density at radius 3 is 2.21 bits per heavy atom. The number of pyridine rings is 1. The van der Waals surface area contributed by atoms with E-state index in [1.165, 1.54) is 36.0 Å². The summed E-state index contributed by atoms with van der Waals surface area (Å²) in [5.41, 5.74) is 2.25. The number of halogens is 3. The van der Waals surface area contributed by atoms with Crippen LogP contribution in [0.25, 0.3) is 22.2 Å². The van der Waals surface area contributed by atoms with Gasteiger partial charge in [-0.3, -0.25) is 9.54 Å². The van der Waals surface area contributed by atoms with E-state index in [0.717, 1.165) is 28.6 Å². The minimum atomic E-state index is -4.36. The van der Waals surface area contributed by atoms with Gasteiger partial charge in [0, 0.05) is 28.9 Å². The first kappa shape index (κ1) is 28.0. The van der Waals surface area contributed by atoms with Gasteiger partial charge in [0.2, 0.25) is 0 Å². The first-order chi connectivity index (χ1) is 18.5. The number of fused-ring (bicyclic) bond motifs is 1. The number of anilines is 2. The maximum absolute atomic E-state index is 12.7. The standard InChI is InChI=1S/C21H15F3N4S.C6H6O3S/c1-29-20-27-18(14-5-4-13-3-2-10-25-17(13)11-14)12-19(28-20)26-16-8-6-15(7-9-16)21(22,23)24;7-10(8,9)6-4-2-1-3-5-6/h2-12H,1H3,(H,26,27,28);1-5H,(H,7,8,9). The second-order valence-corrected chi connectivity index (χ2v) is 10.2. The summed E-state index contributed by atoms with van der Waals surface area (Å²) in [4.78, 5) is 13.3. The van der Waals surface area contributed by atoms with Crippen molar-refractivity contribution in [3.8, 4) is 11.3 Å². The molecule has 200 valence electrons. The monoisotopic (exact) mass is 570 g/mol. The van der Waals surface area contributed by atoms with Crippen molar-refractivity contribution in [2.75, 3.05) is 11.6 Å². The van der Waals surface area contributed by atoms with Crippen molar-refractivity contribution in [3.63, 3.8) is 0 Å². The van der Waals surface area contributed by atoms with E-state index in [-0.39, 0.29) is 4.90 Å². The molecule has 0 unspecified atom stereocenters. The second kappa shape index (κ2) is 11.8. The Balaban J connectivity index is 0.000000298. The zero-order valence-electron chi connectivity index (χ0n) is 20.3. The molecule has 0 spiro atoms. The summed E-state index contributed by atoms with van der Waals surface area (Å²) in [6.07, 6.45) is -0.767. The van der Waals surface area contributed by atoms with Gasteiger partial charge in [0.25, 0.3) is 10.1 Å². The molecule has 12 heteroatoms. The molecule has 0 aliphatic rings. The number of nitrogens with one attached hydrogen (secondary N) is 1. The molecule has 0 bridgehead atoms. The van der Waals surface area contributed by atoms with E-state index in [1.54, 1.807) is 30.5 Å². The van der Waals surface area contributed by atoms with E-state index in [0.29, 0.717) is 22.4 Å². The number of rotatable bonds is 5. The predicted molar refractivity (Wildman–Crippen MR) is 146 cm³/mol. The maximum atomic E-state index is 12.7. The number of nitrogens with zero attached hydrogens (tertiary/aromatic N) is 3. The topological polar surface area (TPSA) is 105 Å². The summed E-state index contributed by atoms with van der Waals surface area (Å²) in [6, 6.07) is 23.8. The van der Waals surface area contributed by atoms with Crippen LogP contribution in [0.1, 0.15) is 5.56 Å². The van der Waals surface area contributed by atoms with E-state index in [9.17, 15) is 21.6 Å². The van der Waals surface area contributed by atoms with E-state index < -0.39 is 21.9 Å². The van der Waals surface area contributed by atoms with E-state index >= 15 is 0 Å². The van der Waals surface area contributed by atoms with E-state index in [1.807, 2.05) is 36.6 Å². The third-order valence-electron chi connectivity index (χ3n) is 5.32. The van der Waals surface area contributed by atoms with Crippen molar-refractivity contribution in [2.24, 2.45) is 0 Å². The minimum absolute atomic E-state index is 0.0741. The highest BCUT2D eigenvalue weighted by molar-refractivity contribution is 7.98. The minimum Gasteiger partial charge on any atom is -0.340 e. The lowest BCUT2D eigenvalue weighted by atomic mass is 10.1. The Labute approximate surface area is 226 Å². The second-order valence-electron chi connectivity index (χ2n) is 8.02. The number of hydrogen-bond donors (Lipinski definition) is 2. The number of alkyl halides is 3. The van der Waals surface area contributed by atoms with Crippen LogP contribution in [0.3, 0.4) is 0 Å². The Hall–Kier alpha value is -4.00. The van der Waals surface area contributed by atoms with Crippen molar-refractivity contribution in [1.82, 2.24) is 15.0 Å². The van der Waals surface area contributed by atoms with Crippen LogP contribution in [-0.2, 0) is 16.3 Å². The van der Waals surface area contributed by atoms with Crippen molar-refractivity contribution < 1.29 is 26.1 Å². The molecule has 0 atom stereocenters. The molecule has 0 aliphatic heterocycles. The molecule has 39 heavy (non-hydrogen) atoms.